The van der Waals surface area contributed by atoms with Gasteiger partial charge >= 0.3 is 0 Å². The molecule has 2 fully saturated rings. The molecule has 3 unspecified atom stereocenters. The van der Waals surface area contributed by atoms with E-state index in [-0.39, 0.29) is 12.2 Å². The summed E-state index contributed by atoms with van der Waals surface area (Å²) in [5.74, 6) is 1.28. The third-order valence-corrected chi connectivity index (χ3v) is 4.48. The van der Waals surface area contributed by atoms with Gasteiger partial charge in [0.15, 0.2) is 0 Å². The SMILES string of the molecule is CCCCC1NC(C(C)C)N(CC2CCCOC2)C1=O. The van der Waals surface area contributed by atoms with E-state index in [0.29, 0.717) is 17.7 Å². The average molecular weight is 282 g/mol. The van der Waals surface area contributed by atoms with Gasteiger partial charge in [-0.15, -0.1) is 0 Å². The molecule has 2 aliphatic heterocycles. The largest absolute Gasteiger partial charge is 0.381 e. The number of unbranched alkanes of at least 4 members (excludes halogenated alkanes) is 1. The highest BCUT2D eigenvalue weighted by molar-refractivity contribution is 5.84. The second-order valence-corrected chi connectivity index (χ2v) is 6.62. The Morgan fingerprint density at radius 2 is 2.25 bits per heavy atom. The van der Waals surface area contributed by atoms with Crippen molar-refractivity contribution in [2.75, 3.05) is 19.8 Å². The van der Waals surface area contributed by atoms with Crippen molar-refractivity contribution in [3.63, 3.8) is 0 Å². The average Bonchev–Trinajstić information content (AvgIpc) is 2.75. The lowest BCUT2D eigenvalue weighted by Crippen LogP contribution is -2.44. The topological polar surface area (TPSA) is 41.6 Å². The van der Waals surface area contributed by atoms with Crippen LogP contribution < -0.4 is 5.32 Å². The second-order valence-electron chi connectivity index (χ2n) is 6.62. The van der Waals surface area contributed by atoms with Crippen molar-refractivity contribution in [3.8, 4) is 0 Å². The smallest absolute Gasteiger partial charge is 0.241 e. The molecule has 1 amide bonds. The molecule has 2 rings (SSSR count). The van der Waals surface area contributed by atoms with Gasteiger partial charge in [-0.2, -0.15) is 0 Å². The Morgan fingerprint density at radius 1 is 1.45 bits per heavy atom. The lowest BCUT2D eigenvalue weighted by molar-refractivity contribution is -0.132. The molecular weight excluding hydrogens is 252 g/mol. The van der Waals surface area contributed by atoms with Crippen LogP contribution in [0.15, 0.2) is 0 Å². The number of ether oxygens (including phenoxy) is 1. The highest BCUT2D eigenvalue weighted by Crippen LogP contribution is 2.24. The first kappa shape index (κ1) is 15.8. The minimum absolute atomic E-state index is 0.0341. The van der Waals surface area contributed by atoms with Crippen molar-refractivity contribution in [1.29, 1.82) is 0 Å². The first-order valence-corrected chi connectivity index (χ1v) is 8.27. The predicted octanol–water partition coefficient (Wildman–Crippen LogP) is 2.39. The van der Waals surface area contributed by atoms with Crippen LogP contribution >= 0.6 is 0 Å². The fourth-order valence-corrected chi connectivity index (χ4v) is 3.31. The number of nitrogens with one attached hydrogen (secondary N) is 1. The number of carbonyl (C=O) groups excluding carboxylic acids is 1. The van der Waals surface area contributed by atoms with Gasteiger partial charge in [0, 0.05) is 19.1 Å². The van der Waals surface area contributed by atoms with Crippen LogP contribution in [-0.4, -0.2) is 42.8 Å². The first-order valence-electron chi connectivity index (χ1n) is 8.27. The molecule has 4 nitrogen and oxygen atoms in total. The van der Waals surface area contributed by atoms with E-state index in [4.69, 9.17) is 4.74 Å². The second kappa shape index (κ2) is 7.41. The molecule has 3 atom stereocenters. The normalized spacial score (nSPS) is 31.3. The third-order valence-electron chi connectivity index (χ3n) is 4.48. The molecule has 116 valence electrons. The first-order chi connectivity index (χ1) is 9.63. The van der Waals surface area contributed by atoms with Gasteiger partial charge in [0.25, 0.3) is 0 Å². The maximum Gasteiger partial charge on any atom is 0.241 e. The Bertz CT molecular complexity index is 314. The maximum atomic E-state index is 12.6. The van der Waals surface area contributed by atoms with Crippen molar-refractivity contribution in [2.45, 2.75) is 65.1 Å². The zero-order valence-electron chi connectivity index (χ0n) is 13.2. The number of carbonyl (C=O) groups is 1. The van der Waals surface area contributed by atoms with Crippen LogP contribution in [0.2, 0.25) is 0 Å². The number of hydrogen-bond acceptors (Lipinski definition) is 3. The third kappa shape index (κ3) is 3.73. The van der Waals surface area contributed by atoms with E-state index in [1.807, 2.05) is 0 Å². The van der Waals surface area contributed by atoms with Gasteiger partial charge in [-0.3, -0.25) is 10.1 Å². The molecule has 0 saturated carbocycles. The van der Waals surface area contributed by atoms with Crippen LogP contribution in [0.25, 0.3) is 0 Å². The Kier molecular flexibility index (Phi) is 5.85. The van der Waals surface area contributed by atoms with E-state index < -0.39 is 0 Å². The maximum absolute atomic E-state index is 12.6. The predicted molar refractivity (Wildman–Crippen MR) is 80.3 cm³/mol. The van der Waals surface area contributed by atoms with Crippen molar-refractivity contribution >= 4 is 5.91 Å². The highest BCUT2D eigenvalue weighted by atomic mass is 16.5. The van der Waals surface area contributed by atoms with Gasteiger partial charge in [0.2, 0.25) is 5.91 Å². The Balaban J connectivity index is 1.97. The van der Waals surface area contributed by atoms with Gasteiger partial charge in [-0.05, 0) is 25.2 Å². The van der Waals surface area contributed by atoms with Crippen molar-refractivity contribution in [3.05, 3.63) is 0 Å². The van der Waals surface area contributed by atoms with Gasteiger partial charge in [-0.1, -0.05) is 33.6 Å². The van der Waals surface area contributed by atoms with E-state index in [2.05, 4.69) is 31.0 Å². The van der Waals surface area contributed by atoms with Crippen molar-refractivity contribution < 1.29 is 9.53 Å². The standard InChI is InChI=1S/C16H30N2O2/c1-4-5-8-14-16(19)18(15(17-14)12(2)3)10-13-7-6-9-20-11-13/h12-15,17H,4-11H2,1-3H3. The summed E-state index contributed by atoms with van der Waals surface area (Å²) in [5, 5.41) is 3.55. The Hall–Kier alpha value is -0.610. The van der Waals surface area contributed by atoms with Gasteiger partial charge < -0.3 is 9.64 Å². The molecule has 0 aromatic carbocycles. The Labute approximate surface area is 123 Å². The minimum atomic E-state index is 0.0341. The summed E-state index contributed by atoms with van der Waals surface area (Å²) in [6, 6.07) is 0.0341. The number of hydrogen-bond donors (Lipinski definition) is 1. The number of rotatable bonds is 6. The van der Waals surface area contributed by atoms with Crippen molar-refractivity contribution in [1.82, 2.24) is 10.2 Å². The van der Waals surface area contributed by atoms with Gasteiger partial charge in [-0.25, -0.2) is 0 Å². The molecule has 0 bridgehead atoms. The summed E-state index contributed by atoms with van der Waals surface area (Å²) in [5.41, 5.74) is 0. The summed E-state index contributed by atoms with van der Waals surface area (Å²) in [6.45, 7) is 9.12. The van der Waals surface area contributed by atoms with Gasteiger partial charge in [0.05, 0.1) is 18.8 Å². The molecule has 4 heteroatoms. The molecule has 20 heavy (non-hydrogen) atoms. The molecule has 2 aliphatic rings. The summed E-state index contributed by atoms with van der Waals surface area (Å²) in [4.78, 5) is 14.7. The fraction of sp³-hybridized carbons (Fsp3) is 0.938. The van der Waals surface area contributed by atoms with Crippen molar-refractivity contribution in [2.24, 2.45) is 11.8 Å². The van der Waals surface area contributed by atoms with Crippen LogP contribution in [0.4, 0.5) is 0 Å². The number of amides is 1. The molecule has 0 aliphatic carbocycles. The Morgan fingerprint density at radius 3 is 2.85 bits per heavy atom. The molecular formula is C16H30N2O2. The monoisotopic (exact) mass is 282 g/mol. The van der Waals surface area contributed by atoms with E-state index in [9.17, 15) is 4.79 Å². The summed E-state index contributed by atoms with van der Waals surface area (Å²) in [7, 11) is 0. The quantitative estimate of drug-likeness (QED) is 0.813. The molecule has 0 aromatic heterocycles. The zero-order chi connectivity index (χ0) is 14.5. The van der Waals surface area contributed by atoms with Crippen LogP contribution in [-0.2, 0) is 9.53 Å². The molecule has 1 N–H and O–H groups in total. The zero-order valence-corrected chi connectivity index (χ0v) is 13.2. The lowest BCUT2D eigenvalue weighted by Gasteiger charge is -2.32. The van der Waals surface area contributed by atoms with E-state index in [0.717, 1.165) is 45.4 Å². The molecule has 0 radical (unpaired) electrons. The van der Waals surface area contributed by atoms with Crippen LogP contribution in [0.5, 0.6) is 0 Å². The molecule has 0 aromatic rings. The molecule has 2 heterocycles. The molecule has 0 spiro atoms. The van der Waals surface area contributed by atoms with Crippen LogP contribution in [0.3, 0.4) is 0 Å². The fourth-order valence-electron chi connectivity index (χ4n) is 3.31. The summed E-state index contributed by atoms with van der Waals surface area (Å²) >= 11 is 0. The van der Waals surface area contributed by atoms with E-state index >= 15 is 0 Å². The summed E-state index contributed by atoms with van der Waals surface area (Å²) in [6.07, 6.45) is 5.75. The minimum Gasteiger partial charge on any atom is -0.381 e. The molecule has 2 saturated heterocycles. The summed E-state index contributed by atoms with van der Waals surface area (Å²) < 4.78 is 5.56. The van der Waals surface area contributed by atoms with E-state index in [1.54, 1.807) is 0 Å². The highest BCUT2D eigenvalue weighted by Gasteiger charge is 2.40. The van der Waals surface area contributed by atoms with Crippen LogP contribution in [0, 0.1) is 11.8 Å². The number of nitrogens with zero attached hydrogens (tertiary/aromatic N) is 1. The lowest BCUT2D eigenvalue weighted by atomic mass is 10.0. The van der Waals surface area contributed by atoms with Gasteiger partial charge in [0.1, 0.15) is 0 Å². The van der Waals surface area contributed by atoms with E-state index in [1.165, 1.54) is 6.42 Å². The van der Waals surface area contributed by atoms with Crippen LogP contribution in [0.1, 0.15) is 52.9 Å².